The van der Waals surface area contributed by atoms with Crippen LogP contribution in [0.3, 0.4) is 0 Å². The molecule has 0 N–H and O–H groups in total. The van der Waals surface area contributed by atoms with E-state index in [9.17, 15) is 0 Å². The maximum Gasteiger partial charge on any atom is 0.118 e. The van der Waals surface area contributed by atoms with E-state index in [0.29, 0.717) is 6.54 Å². The van der Waals surface area contributed by atoms with E-state index in [4.69, 9.17) is 4.74 Å². The van der Waals surface area contributed by atoms with E-state index in [0.717, 1.165) is 64.1 Å². The van der Waals surface area contributed by atoms with Crippen LogP contribution in [0.15, 0.2) is 59.5 Å². The highest BCUT2D eigenvalue weighted by Gasteiger charge is 2.17. The predicted octanol–water partition coefficient (Wildman–Crippen LogP) is 7.25. The minimum Gasteiger partial charge on any atom is -0.497 e. The van der Waals surface area contributed by atoms with Gasteiger partial charge in [0.05, 0.1) is 37.3 Å². The van der Waals surface area contributed by atoms with Crippen molar-refractivity contribution in [1.29, 1.82) is 0 Å². The monoisotopic (exact) mass is 697 g/mol. The van der Waals surface area contributed by atoms with Crippen molar-refractivity contribution in [1.82, 2.24) is 19.7 Å². The summed E-state index contributed by atoms with van der Waals surface area (Å²) in [5, 5.41) is 4.60. The lowest BCUT2D eigenvalue weighted by Crippen LogP contribution is -2.02. The molecule has 10 heteroatoms. The molecular formula is C23H19Br4N5O. The number of hydrogen-bond acceptors (Lipinski definition) is 5. The molecule has 3 aromatic heterocycles. The fourth-order valence-electron chi connectivity index (χ4n) is 3.51. The summed E-state index contributed by atoms with van der Waals surface area (Å²) >= 11 is 13.8. The van der Waals surface area contributed by atoms with E-state index in [1.54, 1.807) is 7.11 Å². The lowest BCUT2D eigenvalue weighted by atomic mass is 10.2. The van der Waals surface area contributed by atoms with Gasteiger partial charge in [0.25, 0.3) is 0 Å². The van der Waals surface area contributed by atoms with Gasteiger partial charge >= 0.3 is 0 Å². The summed E-state index contributed by atoms with van der Waals surface area (Å²) in [6.45, 7) is 5.40. The Kier molecular flexibility index (Phi) is 7.67. The summed E-state index contributed by atoms with van der Waals surface area (Å²) < 4.78 is 10.9. The molecule has 0 saturated heterocycles. The van der Waals surface area contributed by atoms with Gasteiger partial charge in [0.2, 0.25) is 0 Å². The minimum absolute atomic E-state index is 0.691. The maximum atomic E-state index is 5.18. The molecular weight excluding hydrogens is 682 g/mol. The van der Waals surface area contributed by atoms with Gasteiger partial charge in [-0.25, -0.2) is 9.97 Å². The van der Waals surface area contributed by atoms with E-state index in [1.807, 2.05) is 54.9 Å². The van der Waals surface area contributed by atoms with Crippen LogP contribution >= 0.6 is 63.7 Å². The molecule has 0 saturated carbocycles. The molecule has 0 fully saturated rings. The van der Waals surface area contributed by atoms with Crippen LogP contribution in [0.25, 0.3) is 11.0 Å². The number of halogens is 4. The lowest BCUT2D eigenvalue weighted by molar-refractivity contribution is 0.414. The third kappa shape index (κ3) is 5.39. The molecule has 4 heterocycles. The van der Waals surface area contributed by atoms with Crippen LogP contribution < -0.4 is 4.74 Å². The van der Waals surface area contributed by atoms with Gasteiger partial charge in [-0.1, -0.05) is 28.1 Å². The molecule has 0 spiro atoms. The molecule has 0 unspecified atom stereocenters. The smallest absolute Gasteiger partial charge is 0.118 e. The molecule has 0 aliphatic carbocycles. The summed E-state index contributed by atoms with van der Waals surface area (Å²) in [7, 11) is 1.67. The van der Waals surface area contributed by atoms with Gasteiger partial charge in [0, 0.05) is 14.5 Å². The Hall–Kier alpha value is -1.62. The van der Waals surface area contributed by atoms with Crippen molar-refractivity contribution in [3.63, 3.8) is 0 Å². The first-order chi connectivity index (χ1) is 15.8. The quantitative estimate of drug-likeness (QED) is 0.211. The van der Waals surface area contributed by atoms with Crippen LogP contribution in [0, 0.1) is 6.92 Å². The second kappa shape index (κ2) is 10.3. The van der Waals surface area contributed by atoms with Gasteiger partial charge in [-0.3, -0.25) is 9.67 Å². The first-order valence-corrected chi connectivity index (χ1v) is 13.1. The summed E-state index contributed by atoms with van der Waals surface area (Å²) in [4.78, 5) is 13.2. The van der Waals surface area contributed by atoms with Crippen molar-refractivity contribution in [2.24, 2.45) is 4.99 Å². The molecule has 0 bridgehead atoms. The number of rotatable bonds is 3. The summed E-state index contributed by atoms with van der Waals surface area (Å²) in [6, 6.07) is 11.9. The topological polar surface area (TPSA) is 65.2 Å². The highest BCUT2D eigenvalue weighted by Crippen LogP contribution is 2.29. The number of hydrogen-bond donors (Lipinski definition) is 0. The highest BCUT2D eigenvalue weighted by molar-refractivity contribution is 9.11. The normalized spacial score (nSPS) is 12.3. The Morgan fingerprint density at radius 3 is 2.30 bits per heavy atom. The average molecular weight is 701 g/mol. The molecule has 0 amide bonds. The second-order valence-corrected chi connectivity index (χ2v) is 10.7. The van der Waals surface area contributed by atoms with Crippen LogP contribution in [-0.4, -0.2) is 32.6 Å². The van der Waals surface area contributed by atoms with Gasteiger partial charge in [0.1, 0.15) is 26.0 Å². The van der Waals surface area contributed by atoms with E-state index < -0.39 is 0 Å². The third-order valence-corrected chi connectivity index (χ3v) is 7.26. The number of aryl methyl sites for hydroxylation is 1. The molecule has 5 rings (SSSR count). The Morgan fingerprint density at radius 2 is 1.61 bits per heavy atom. The summed E-state index contributed by atoms with van der Waals surface area (Å²) in [5.74, 6) is 0.854. The number of aromatic nitrogens is 4. The molecule has 0 radical (unpaired) electrons. The maximum absolute atomic E-state index is 5.18. The zero-order valence-corrected chi connectivity index (χ0v) is 24.4. The van der Waals surface area contributed by atoms with E-state index in [2.05, 4.69) is 83.8 Å². The van der Waals surface area contributed by atoms with Crippen molar-refractivity contribution in [2.75, 3.05) is 7.11 Å². The summed E-state index contributed by atoms with van der Waals surface area (Å²) in [6.07, 6.45) is 0. The number of nitrogens with zero attached hydrogens (tertiary/aromatic N) is 5. The molecule has 4 aromatic rings. The number of ether oxygens (including phenoxy) is 1. The van der Waals surface area contributed by atoms with Gasteiger partial charge in [-0.2, -0.15) is 5.10 Å². The second-order valence-electron chi connectivity index (χ2n) is 7.37. The molecule has 170 valence electrons. The van der Waals surface area contributed by atoms with E-state index in [-0.39, 0.29) is 0 Å². The van der Waals surface area contributed by atoms with Gasteiger partial charge in [-0.15, -0.1) is 0 Å². The Labute approximate surface area is 225 Å². The Balaban J connectivity index is 0.000000183. The molecule has 1 aromatic carbocycles. The standard InChI is InChI=1S/C15H13Br2N3O.C8H6Br2N2/c1-9-14-15(12(16)7-13(17)18-14)20(19-9)8-10-3-5-11(21-2)6-4-10;1-4-8-5(3-11-4)6(9)2-7(10)12-8/h3-7H,8H2,1-2H3;2H,3H2,1H3. The number of benzene rings is 1. The number of pyridine rings is 2. The van der Waals surface area contributed by atoms with Crippen LogP contribution in [0.5, 0.6) is 5.75 Å². The Bertz CT molecular complexity index is 1370. The number of methoxy groups -OCH3 is 1. The van der Waals surface area contributed by atoms with E-state index in [1.165, 1.54) is 5.56 Å². The molecule has 6 nitrogen and oxygen atoms in total. The fraction of sp³-hybridized carbons (Fsp3) is 0.217. The van der Waals surface area contributed by atoms with Crippen LogP contribution in [0.2, 0.25) is 0 Å². The van der Waals surface area contributed by atoms with Crippen molar-refractivity contribution >= 4 is 80.5 Å². The van der Waals surface area contributed by atoms with Crippen molar-refractivity contribution in [2.45, 2.75) is 26.9 Å². The number of aliphatic imine (C=N–C) groups is 1. The molecule has 1 aliphatic rings. The van der Waals surface area contributed by atoms with Crippen LogP contribution in [-0.2, 0) is 13.1 Å². The van der Waals surface area contributed by atoms with Crippen LogP contribution in [0.1, 0.15) is 29.4 Å². The zero-order chi connectivity index (χ0) is 23.7. The van der Waals surface area contributed by atoms with Crippen molar-refractivity contribution < 1.29 is 4.74 Å². The van der Waals surface area contributed by atoms with Crippen molar-refractivity contribution in [3.8, 4) is 5.75 Å². The largest absolute Gasteiger partial charge is 0.497 e. The zero-order valence-electron chi connectivity index (χ0n) is 18.0. The molecule has 33 heavy (non-hydrogen) atoms. The highest BCUT2D eigenvalue weighted by atomic mass is 79.9. The van der Waals surface area contributed by atoms with Crippen LogP contribution in [0.4, 0.5) is 0 Å². The fourth-order valence-corrected chi connectivity index (χ4v) is 6.07. The van der Waals surface area contributed by atoms with Gasteiger partial charge in [0.15, 0.2) is 0 Å². The SMILES string of the molecule is CC1=NCc2c(Br)cc(Br)nc21.COc1ccc(Cn2nc(C)c3nc(Br)cc(Br)c32)cc1. The predicted molar refractivity (Wildman–Crippen MR) is 145 cm³/mol. The Morgan fingerprint density at radius 1 is 0.939 bits per heavy atom. The summed E-state index contributed by atoms with van der Waals surface area (Å²) in [5.41, 5.74) is 7.21. The van der Waals surface area contributed by atoms with Gasteiger partial charge < -0.3 is 4.74 Å². The van der Waals surface area contributed by atoms with Gasteiger partial charge in [-0.05, 0) is 91.5 Å². The molecule has 1 aliphatic heterocycles. The van der Waals surface area contributed by atoms with E-state index >= 15 is 0 Å². The third-order valence-electron chi connectivity index (χ3n) is 5.13. The minimum atomic E-state index is 0.691. The first-order valence-electron chi connectivity index (χ1n) is 9.95. The number of fused-ring (bicyclic) bond motifs is 2. The van der Waals surface area contributed by atoms with Crippen molar-refractivity contribution in [3.05, 3.63) is 77.1 Å². The average Bonchev–Trinajstić information content (AvgIpc) is 3.29. The first kappa shape index (κ1) is 24.5. The molecule has 0 atom stereocenters. The lowest BCUT2D eigenvalue weighted by Gasteiger charge is -2.06.